The Bertz CT molecular complexity index is 2920. The van der Waals surface area contributed by atoms with Crippen LogP contribution in [0.2, 0.25) is 0 Å². The van der Waals surface area contributed by atoms with Crippen molar-refractivity contribution in [2.75, 3.05) is 31.1 Å². The van der Waals surface area contributed by atoms with Crippen LogP contribution in [0, 0.1) is 21.4 Å². The maximum atomic E-state index is 14.2. The summed E-state index contributed by atoms with van der Waals surface area (Å²) in [6.07, 6.45) is 10.8. The summed E-state index contributed by atoms with van der Waals surface area (Å²) in [7, 11) is -4.83. The summed E-state index contributed by atoms with van der Waals surface area (Å²) in [6.45, 7) is 5.55. The van der Waals surface area contributed by atoms with E-state index < -0.39 is 55.6 Å². The Labute approximate surface area is 411 Å². The average molecular weight is 999 g/mol. The second-order valence-electron chi connectivity index (χ2n) is 20.8. The van der Waals surface area contributed by atoms with E-state index in [2.05, 4.69) is 57.9 Å². The quantitative estimate of drug-likeness (QED) is 0.0702. The molecule has 0 bridgehead atoms. The predicted molar refractivity (Wildman–Crippen MR) is 260 cm³/mol. The minimum Gasteiger partial charge on any atom is -0.486 e. The number of piperidine rings is 1. The Balaban J connectivity index is 0.878. The lowest BCUT2D eigenvalue weighted by Crippen LogP contribution is -2.54. The van der Waals surface area contributed by atoms with Crippen molar-refractivity contribution in [3.05, 3.63) is 99.7 Å². The first-order valence-electron chi connectivity index (χ1n) is 24.7. The van der Waals surface area contributed by atoms with Gasteiger partial charge < -0.3 is 33.9 Å². The zero-order valence-electron chi connectivity index (χ0n) is 40.1. The Kier molecular flexibility index (Phi) is 13.1. The van der Waals surface area contributed by atoms with E-state index in [0.717, 1.165) is 63.6 Å². The van der Waals surface area contributed by atoms with E-state index >= 15 is 0 Å². The molecule has 3 aromatic carbocycles. The highest BCUT2D eigenvalue weighted by atomic mass is 32.2. The Morgan fingerprint density at radius 3 is 2.51 bits per heavy atom. The number of nitro benzene ring substituents is 1. The molecule has 2 saturated heterocycles. The fourth-order valence-corrected chi connectivity index (χ4v) is 12.7. The molecule has 1 amide bonds. The molecule has 0 radical (unpaired) electrons. The van der Waals surface area contributed by atoms with E-state index in [1.54, 1.807) is 31.3 Å². The number of fused-ring (bicyclic) bond motifs is 2. The van der Waals surface area contributed by atoms with Crippen LogP contribution >= 0.6 is 0 Å². The fourth-order valence-electron chi connectivity index (χ4n) is 11.7. The third-order valence-electron chi connectivity index (χ3n) is 15.6. The molecular weight excluding hydrogens is 939 g/mol. The van der Waals surface area contributed by atoms with Crippen molar-refractivity contribution >= 4 is 38.3 Å². The normalized spacial score (nSPS) is 23.5. The number of pyridine rings is 1. The van der Waals surface area contributed by atoms with Gasteiger partial charge in [0.1, 0.15) is 24.1 Å². The Morgan fingerprint density at radius 2 is 1.77 bits per heavy atom. The van der Waals surface area contributed by atoms with Gasteiger partial charge in [0.2, 0.25) is 5.75 Å². The van der Waals surface area contributed by atoms with Gasteiger partial charge in [0.25, 0.3) is 21.8 Å². The van der Waals surface area contributed by atoms with Gasteiger partial charge in [-0.1, -0.05) is 38.1 Å². The molecule has 5 heterocycles. The molecule has 3 aliphatic heterocycles. The lowest BCUT2D eigenvalue weighted by atomic mass is 9.59. The number of aromatic amines is 1. The van der Waals surface area contributed by atoms with Gasteiger partial charge in [0, 0.05) is 60.6 Å². The number of sulfonamides is 1. The second kappa shape index (κ2) is 19.2. The number of nitro groups is 1. The van der Waals surface area contributed by atoms with E-state index in [1.807, 2.05) is 4.72 Å². The molecule has 16 nitrogen and oxygen atoms in total. The van der Waals surface area contributed by atoms with Gasteiger partial charge in [-0.25, -0.2) is 13.1 Å². The largest absolute Gasteiger partial charge is 0.486 e. The van der Waals surface area contributed by atoms with E-state index in [9.17, 15) is 37.2 Å². The number of hydrogen-bond donors (Lipinski definition) is 3. The first-order chi connectivity index (χ1) is 33.9. The molecule has 2 atom stereocenters. The van der Waals surface area contributed by atoms with Crippen molar-refractivity contribution in [1.82, 2.24) is 19.6 Å². The van der Waals surface area contributed by atoms with Crippen LogP contribution in [0.15, 0.2) is 77.8 Å². The number of hydrogen-bond acceptors (Lipinski definition) is 13. The molecule has 71 heavy (non-hydrogen) atoms. The molecule has 5 aliphatic rings. The van der Waals surface area contributed by atoms with Gasteiger partial charge in [0.15, 0.2) is 11.5 Å². The minimum atomic E-state index is -4.83. The zero-order valence-corrected chi connectivity index (χ0v) is 40.9. The molecule has 2 saturated carbocycles. The number of H-pyrrole nitrogens is 1. The molecule has 19 heteroatoms. The number of ether oxygens (including phenoxy) is 4. The third-order valence-corrected chi connectivity index (χ3v) is 16.9. The SMILES string of the molecule is CC(C)c1ccccc1[C@@H]1CCCN1C1CC2(CCN(c3ccc(C(=O)NS(=O)(=O)c4cc5c(c([N+](=O)[O-])c4)O[C@H](CC4CCC(C)(O)CC4)CO5)c(Oc4cc5cc[nH]c5nc4OC(F)F)c3)CC2)C1. The van der Waals surface area contributed by atoms with Gasteiger partial charge in [-0.05, 0) is 137 Å². The number of halogens is 2. The van der Waals surface area contributed by atoms with Gasteiger partial charge in [0.05, 0.1) is 21.0 Å². The third kappa shape index (κ3) is 10.1. The van der Waals surface area contributed by atoms with Gasteiger partial charge >= 0.3 is 12.3 Å². The maximum Gasteiger partial charge on any atom is 0.388 e. The summed E-state index contributed by atoms with van der Waals surface area (Å²) in [4.78, 5) is 37.1. The van der Waals surface area contributed by atoms with E-state index in [4.69, 9.17) is 18.9 Å². The Hall–Kier alpha value is -6.05. The summed E-state index contributed by atoms with van der Waals surface area (Å²) >= 11 is 0. The molecule has 5 aromatic rings. The number of anilines is 1. The van der Waals surface area contributed by atoms with Crippen LogP contribution in [0.1, 0.15) is 125 Å². The van der Waals surface area contributed by atoms with E-state index in [0.29, 0.717) is 61.4 Å². The number of likely N-dealkylation sites (tertiary alicyclic amines) is 1. The summed E-state index contributed by atoms with van der Waals surface area (Å²) in [6, 6.07) is 19.4. The van der Waals surface area contributed by atoms with Crippen LogP contribution in [0.5, 0.6) is 28.9 Å². The molecule has 4 fully saturated rings. The van der Waals surface area contributed by atoms with Crippen LogP contribution in [-0.2, 0) is 10.0 Å². The van der Waals surface area contributed by atoms with Crippen molar-refractivity contribution in [3.63, 3.8) is 0 Å². The van der Waals surface area contributed by atoms with Crippen LogP contribution in [0.25, 0.3) is 11.0 Å². The molecule has 2 aliphatic carbocycles. The summed E-state index contributed by atoms with van der Waals surface area (Å²) in [5.41, 5.74) is 2.31. The monoisotopic (exact) mass is 998 g/mol. The van der Waals surface area contributed by atoms with Crippen molar-refractivity contribution in [1.29, 1.82) is 0 Å². The number of carbonyl (C=O) groups excluding carboxylic acids is 1. The molecule has 1 spiro atoms. The molecule has 2 aromatic heterocycles. The highest BCUT2D eigenvalue weighted by Crippen LogP contribution is 2.55. The number of aromatic nitrogens is 2. The van der Waals surface area contributed by atoms with E-state index in [1.165, 1.54) is 29.7 Å². The molecule has 0 unspecified atom stereocenters. The summed E-state index contributed by atoms with van der Waals surface area (Å²) in [5.74, 6) is -1.87. The van der Waals surface area contributed by atoms with Gasteiger partial charge in [-0.15, -0.1) is 0 Å². The molecule has 378 valence electrons. The average Bonchev–Trinajstić information content (AvgIpc) is 4.01. The van der Waals surface area contributed by atoms with Crippen LogP contribution in [0.4, 0.5) is 20.2 Å². The highest BCUT2D eigenvalue weighted by Gasteiger charge is 2.50. The topological polar surface area (TPSA) is 199 Å². The highest BCUT2D eigenvalue weighted by molar-refractivity contribution is 7.90. The van der Waals surface area contributed by atoms with Crippen LogP contribution in [0.3, 0.4) is 0 Å². The number of alkyl halides is 2. The van der Waals surface area contributed by atoms with Crippen LogP contribution in [-0.4, -0.2) is 89.8 Å². The number of nitrogens with zero attached hydrogens (tertiary/aromatic N) is 4. The number of aliphatic hydroxyl groups is 1. The first kappa shape index (κ1) is 48.6. The maximum absolute atomic E-state index is 14.2. The van der Waals surface area contributed by atoms with Crippen molar-refractivity contribution < 1.29 is 51.0 Å². The molecule has 10 rings (SSSR count). The van der Waals surface area contributed by atoms with Crippen molar-refractivity contribution in [2.45, 2.75) is 133 Å². The van der Waals surface area contributed by atoms with Gasteiger partial charge in [-0.2, -0.15) is 13.8 Å². The van der Waals surface area contributed by atoms with Gasteiger partial charge in [-0.3, -0.25) is 19.8 Å². The lowest BCUT2D eigenvalue weighted by Gasteiger charge is -2.56. The second-order valence-corrected chi connectivity index (χ2v) is 22.5. The lowest BCUT2D eigenvalue weighted by molar-refractivity contribution is -0.386. The summed E-state index contributed by atoms with van der Waals surface area (Å²) < 4.78 is 80.6. The number of carbonyl (C=O) groups is 1. The van der Waals surface area contributed by atoms with E-state index in [-0.39, 0.29) is 52.1 Å². The fraction of sp³-hybridized carbons (Fsp3) is 0.500. The minimum absolute atomic E-state index is 0.00613. The smallest absolute Gasteiger partial charge is 0.388 e. The van der Waals surface area contributed by atoms with Crippen molar-refractivity contribution in [2.24, 2.45) is 11.3 Å². The standard InChI is InChI=1S/C52H60F2N6O10S/c1-31(2)38-7-4-5-8-39(38)41-9-6-20-59(41)35-28-52(29-35)17-21-58(22-18-52)34-10-11-40(43(25-34)69-45-24-33-14-19-55-47(33)56-49(45)70-50(53)54)48(61)57-71(65,66)37-26-42(60(63)64)46-44(27-37)67-30-36(68-46)23-32-12-15-51(3,62)16-13-32/h4-5,7-8,10-11,14,19,24-27,31-32,35-36,41,50,62H,6,9,12-13,15-18,20-23,28-30H2,1-3H3,(H,55,56)(H,57,61)/t32?,36-,41+,51?/m1/s1. The first-order valence-corrected chi connectivity index (χ1v) is 26.2. The number of nitrogens with one attached hydrogen (secondary N) is 2. The number of benzene rings is 3. The number of rotatable bonds is 14. The van der Waals surface area contributed by atoms with Crippen LogP contribution < -0.4 is 28.6 Å². The zero-order chi connectivity index (χ0) is 49.8. The summed E-state index contributed by atoms with van der Waals surface area (Å²) in [5, 5.41) is 23.3. The molecule has 3 N–H and O–H groups in total. The molecular formula is C52H60F2N6O10S. The number of amides is 1. The Morgan fingerprint density at radius 1 is 1.01 bits per heavy atom. The predicted octanol–water partition coefficient (Wildman–Crippen LogP) is 10.2. The van der Waals surface area contributed by atoms with Crippen molar-refractivity contribution in [3.8, 4) is 28.9 Å².